The van der Waals surface area contributed by atoms with Gasteiger partial charge in [0.25, 0.3) is 11.8 Å². The molecule has 0 atom stereocenters. The van der Waals surface area contributed by atoms with Crippen molar-refractivity contribution in [1.82, 2.24) is 10.3 Å². The highest BCUT2D eigenvalue weighted by Crippen LogP contribution is 2.10. The Balaban J connectivity index is 2.10. The van der Waals surface area contributed by atoms with Crippen LogP contribution in [0.1, 0.15) is 39.9 Å². The molecule has 0 fully saturated rings. The fourth-order valence-electron chi connectivity index (χ4n) is 1.84. The van der Waals surface area contributed by atoms with Crippen LogP contribution in [0.2, 0.25) is 0 Å². The predicted molar refractivity (Wildman–Crippen MR) is 86.0 cm³/mol. The maximum Gasteiger partial charge on any atom is 0.274 e. The molecule has 0 aliphatic carbocycles. The Morgan fingerprint density at radius 2 is 1.74 bits per heavy atom. The van der Waals surface area contributed by atoms with E-state index in [0.717, 1.165) is 6.42 Å². The van der Waals surface area contributed by atoms with Crippen LogP contribution in [0.25, 0.3) is 0 Å². The van der Waals surface area contributed by atoms with Crippen LogP contribution in [0.5, 0.6) is 0 Å². The van der Waals surface area contributed by atoms with Gasteiger partial charge in [-0.25, -0.2) is 4.98 Å². The molecular weight excluding hydrogens is 292 g/mol. The molecule has 116 valence electrons. The molecule has 23 heavy (non-hydrogen) atoms. The minimum Gasteiger partial charge on any atom is -0.351 e. The van der Waals surface area contributed by atoms with Crippen molar-refractivity contribution in [2.45, 2.75) is 13.3 Å². The molecule has 6 nitrogen and oxygen atoms in total. The number of amides is 2. The summed E-state index contributed by atoms with van der Waals surface area (Å²) in [4.78, 5) is 28.1. The summed E-state index contributed by atoms with van der Waals surface area (Å²) < 4.78 is 0. The van der Waals surface area contributed by atoms with Crippen LogP contribution in [0, 0.1) is 11.3 Å². The largest absolute Gasteiger partial charge is 0.351 e. The van der Waals surface area contributed by atoms with Crippen molar-refractivity contribution in [1.29, 1.82) is 5.26 Å². The minimum atomic E-state index is -0.417. The number of pyridine rings is 1. The van der Waals surface area contributed by atoms with E-state index in [9.17, 15) is 9.59 Å². The number of carbonyl (C=O) groups is 2. The molecular formula is C17H16N4O2. The molecule has 0 spiro atoms. The molecule has 1 aromatic heterocycles. The first-order chi connectivity index (χ1) is 11.1. The van der Waals surface area contributed by atoms with E-state index in [0.29, 0.717) is 17.8 Å². The second kappa shape index (κ2) is 7.71. The van der Waals surface area contributed by atoms with E-state index in [1.54, 1.807) is 36.4 Å². The van der Waals surface area contributed by atoms with Gasteiger partial charge in [-0.05, 0) is 42.8 Å². The van der Waals surface area contributed by atoms with Gasteiger partial charge in [-0.2, -0.15) is 5.26 Å². The molecule has 0 unspecified atom stereocenters. The second-order valence-corrected chi connectivity index (χ2v) is 4.81. The average molecular weight is 308 g/mol. The summed E-state index contributed by atoms with van der Waals surface area (Å²) in [5.41, 5.74) is 1.41. The smallest absolute Gasteiger partial charge is 0.274 e. The monoisotopic (exact) mass is 308 g/mol. The van der Waals surface area contributed by atoms with Crippen molar-refractivity contribution in [2.75, 3.05) is 11.9 Å². The highest BCUT2D eigenvalue weighted by Gasteiger charge is 2.12. The maximum absolute atomic E-state index is 12.2. The SMILES string of the molecule is CCCNC(=O)c1cccc(C(=O)Nc2ccc(C#N)cc2)n1. The molecule has 1 heterocycles. The van der Waals surface area contributed by atoms with Gasteiger partial charge in [0, 0.05) is 12.2 Å². The topological polar surface area (TPSA) is 94.9 Å². The van der Waals surface area contributed by atoms with Crippen molar-refractivity contribution in [3.8, 4) is 6.07 Å². The normalized spacial score (nSPS) is 9.74. The van der Waals surface area contributed by atoms with Gasteiger partial charge in [0.05, 0.1) is 11.6 Å². The molecule has 2 amide bonds. The van der Waals surface area contributed by atoms with E-state index in [4.69, 9.17) is 5.26 Å². The van der Waals surface area contributed by atoms with Crippen molar-refractivity contribution < 1.29 is 9.59 Å². The number of aromatic nitrogens is 1. The van der Waals surface area contributed by atoms with Crippen LogP contribution in [-0.2, 0) is 0 Å². The zero-order valence-electron chi connectivity index (χ0n) is 12.7. The van der Waals surface area contributed by atoms with Crippen LogP contribution in [0.15, 0.2) is 42.5 Å². The fraction of sp³-hybridized carbons (Fsp3) is 0.176. The Morgan fingerprint density at radius 1 is 1.09 bits per heavy atom. The summed E-state index contributed by atoms with van der Waals surface area (Å²) in [6, 6.07) is 13.2. The molecule has 0 aliphatic heterocycles. The third-order valence-corrected chi connectivity index (χ3v) is 3.02. The second-order valence-electron chi connectivity index (χ2n) is 4.81. The van der Waals surface area contributed by atoms with E-state index in [1.165, 1.54) is 6.07 Å². The van der Waals surface area contributed by atoms with Crippen LogP contribution >= 0.6 is 0 Å². The standard InChI is InChI=1S/C17H16N4O2/c1-2-10-19-16(22)14-4-3-5-15(21-14)17(23)20-13-8-6-12(11-18)7-9-13/h3-9H,2,10H2,1H3,(H,19,22)(H,20,23). The van der Waals surface area contributed by atoms with Gasteiger partial charge in [0.2, 0.25) is 0 Å². The molecule has 6 heteroatoms. The van der Waals surface area contributed by atoms with Gasteiger partial charge < -0.3 is 10.6 Å². The first kappa shape index (κ1) is 16.2. The Labute approximate surface area is 134 Å². The number of nitrogens with zero attached hydrogens (tertiary/aromatic N) is 2. The first-order valence-corrected chi connectivity index (χ1v) is 7.21. The van der Waals surface area contributed by atoms with Gasteiger partial charge >= 0.3 is 0 Å². The van der Waals surface area contributed by atoms with Gasteiger partial charge in [-0.15, -0.1) is 0 Å². The van der Waals surface area contributed by atoms with Crippen molar-refractivity contribution in [3.63, 3.8) is 0 Å². The molecule has 0 bridgehead atoms. The van der Waals surface area contributed by atoms with Gasteiger partial charge in [0.15, 0.2) is 0 Å². The van der Waals surface area contributed by atoms with Gasteiger partial charge in [-0.3, -0.25) is 9.59 Å². The first-order valence-electron chi connectivity index (χ1n) is 7.21. The number of rotatable bonds is 5. The Hall–Kier alpha value is -3.20. The minimum absolute atomic E-state index is 0.151. The van der Waals surface area contributed by atoms with E-state index < -0.39 is 5.91 Å². The van der Waals surface area contributed by atoms with Crippen molar-refractivity contribution in [2.24, 2.45) is 0 Å². The molecule has 2 rings (SSSR count). The average Bonchev–Trinajstić information content (AvgIpc) is 2.60. The van der Waals surface area contributed by atoms with E-state index in [-0.39, 0.29) is 17.3 Å². The number of carbonyl (C=O) groups excluding carboxylic acids is 2. The number of benzene rings is 1. The van der Waals surface area contributed by atoms with Crippen molar-refractivity contribution in [3.05, 3.63) is 59.4 Å². The molecule has 2 aromatic rings. The van der Waals surface area contributed by atoms with E-state index >= 15 is 0 Å². The summed E-state index contributed by atoms with van der Waals surface area (Å²) >= 11 is 0. The molecule has 0 aliphatic rings. The summed E-state index contributed by atoms with van der Waals surface area (Å²) in [5, 5.41) is 14.1. The van der Waals surface area contributed by atoms with Crippen LogP contribution in [0.4, 0.5) is 5.69 Å². The summed E-state index contributed by atoms with van der Waals surface area (Å²) in [6.45, 7) is 2.51. The molecule has 0 radical (unpaired) electrons. The number of anilines is 1. The maximum atomic E-state index is 12.2. The number of hydrogen-bond donors (Lipinski definition) is 2. The predicted octanol–water partition coefficient (Wildman–Crippen LogP) is 2.35. The Morgan fingerprint density at radius 3 is 2.35 bits per heavy atom. The number of nitriles is 1. The Bertz CT molecular complexity index is 748. The zero-order valence-corrected chi connectivity index (χ0v) is 12.7. The van der Waals surface area contributed by atoms with E-state index in [1.807, 2.05) is 13.0 Å². The lowest BCUT2D eigenvalue weighted by Crippen LogP contribution is -2.26. The third-order valence-electron chi connectivity index (χ3n) is 3.02. The van der Waals surface area contributed by atoms with Gasteiger partial charge in [0.1, 0.15) is 11.4 Å². The lowest BCUT2D eigenvalue weighted by molar-refractivity contribution is 0.0948. The summed E-state index contributed by atoms with van der Waals surface area (Å²) in [7, 11) is 0. The molecule has 0 saturated heterocycles. The zero-order chi connectivity index (χ0) is 16.7. The number of nitrogens with one attached hydrogen (secondary N) is 2. The molecule has 0 saturated carbocycles. The van der Waals surface area contributed by atoms with Crippen LogP contribution < -0.4 is 10.6 Å². The lowest BCUT2D eigenvalue weighted by atomic mass is 10.2. The molecule has 1 aromatic carbocycles. The highest BCUT2D eigenvalue weighted by atomic mass is 16.2. The fourth-order valence-corrected chi connectivity index (χ4v) is 1.84. The third kappa shape index (κ3) is 4.38. The van der Waals surface area contributed by atoms with Gasteiger partial charge in [-0.1, -0.05) is 13.0 Å². The van der Waals surface area contributed by atoms with E-state index in [2.05, 4.69) is 15.6 Å². The lowest BCUT2D eigenvalue weighted by Gasteiger charge is -2.07. The van der Waals surface area contributed by atoms with Crippen molar-refractivity contribution >= 4 is 17.5 Å². The quantitative estimate of drug-likeness (QED) is 0.886. The Kier molecular flexibility index (Phi) is 5.42. The molecule has 2 N–H and O–H groups in total. The van der Waals surface area contributed by atoms with Crippen LogP contribution in [-0.4, -0.2) is 23.3 Å². The summed E-state index contributed by atoms with van der Waals surface area (Å²) in [5.74, 6) is -0.722. The highest BCUT2D eigenvalue weighted by molar-refractivity contribution is 6.03. The summed E-state index contributed by atoms with van der Waals surface area (Å²) in [6.07, 6.45) is 0.824. The van der Waals surface area contributed by atoms with Crippen LogP contribution in [0.3, 0.4) is 0 Å². The number of hydrogen-bond acceptors (Lipinski definition) is 4.